The maximum absolute atomic E-state index is 11.9. The molecular weight excluding hydrogens is 360 g/mol. The number of thiophene rings is 1. The molecule has 0 aliphatic carbocycles. The predicted octanol–water partition coefficient (Wildman–Crippen LogP) is 2.47. The summed E-state index contributed by atoms with van der Waals surface area (Å²) in [6.45, 7) is 1.61. The minimum Gasteiger partial charge on any atom is -0.497 e. The maximum Gasteiger partial charge on any atom is 0.243 e. The highest BCUT2D eigenvalue weighted by Gasteiger charge is 2.10. The Labute approximate surface area is 165 Å². The van der Waals surface area contributed by atoms with E-state index in [-0.39, 0.29) is 12.5 Å². The molecule has 1 aromatic carbocycles. The topological polar surface area (TPSA) is 57.2 Å². The zero-order valence-corrected chi connectivity index (χ0v) is 17.3. The Balaban J connectivity index is 1.97. The molecule has 0 atom stereocenters. The highest BCUT2D eigenvalue weighted by Crippen LogP contribution is 2.11. The third-order valence-electron chi connectivity index (χ3n) is 4.08. The van der Waals surface area contributed by atoms with Gasteiger partial charge in [-0.3, -0.25) is 4.79 Å². The highest BCUT2D eigenvalue weighted by atomic mass is 32.1. The van der Waals surface area contributed by atoms with Crippen molar-refractivity contribution in [3.63, 3.8) is 0 Å². The number of nitrogens with zero attached hydrogens (tertiary/aromatic N) is 3. The van der Waals surface area contributed by atoms with E-state index in [9.17, 15) is 4.79 Å². The van der Waals surface area contributed by atoms with Crippen LogP contribution in [0.3, 0.4) is 0 Å². The Bertz CT molecular complexity index is 727. The number of likely N-dealkylation sites (N-methyl/N-ethyl adjacent to an activating group) is 1. The highest BCUT2D eigenvalue weighted by molar-refractivity contribution is 7.07. The molecule has 0 aliphatic heterocycles. The van der Waals surface area contributed by atoms with Crippen LogP contribution in [0.1, 0.15) is 11.1 Å². The van der Waals surface area contributed by atoms with Crippen LogP contribution in [0.15, 0.2) is 46.1 Å². The smallest absolute Gasteiger partial charge is 0.243 e. The fraction of sp³-hybridized carbons (Fsp3) is 0.400. The molecule has 1 amide bonds. The van der Waals surface area contributed by atoms with E-state index in [0.29, 0.717) is 0 Å². The van der Waals surface area contributed by atoms with Crippen LogP contribution in [0.2, 0.25) is 0 Å². The molecule has 1 aromatic heterocycles. The Morgan fingerprint density at radius 3 is 2.48 bits per heavy atom. The van der Waals surface area contributed by atoms with Crippen molar-refractivity contribution in [1.29, 1.82) is 0 Å². The van der Waals surface area contributed by atoms with E-state index < -0.39 is 0 Å². The number of carbonyl (C=O) groups is 1. The number of ether oxygens (including phenoxy) is 1. The fourth-order valence-electron chi connectivity index (χ4n) is 2.44. The van der Waals surface area contributed by atoms with Crippen molar-refractivity contribution in [2.75, 3.05) is 41.3 Å². The van der Waals surface area contributed by atoms with Crippen LogP contribution >= 0.6 is 11.3 Å². The van der Waals surface area contributed by atoms with Gasteiger partial charge in [0.2, 0.25) is 5.91 Å². The quantitative estimate of drug-likeness (QED) is 0.558. The van der Waals surface area contributed by atoms with Gasteiger partial charge in [0.1, 0.15) is 12.3 Å². The van der Waals surface area contributed by atoms with Gasteiger partial charge < -0.3 is 19.9 Å². The standard InChI is InChI=1S/C20H28N4O2S/c1-23(2)19(25)13-22-20(24(3)14-17-10-12-27-15-17)21-11-9-16-5-7-18(26-4)8-6-16/h5-8,10,12,15H,9,11,13-14H2,1-4H3,(H,21,22). The Morgan fingerprint density at radius 2 is 1.89 bits per heavy atom. The van der Waals surface area contributed by atoms with Crippen LogP contribution in [-0.4, -0.2) is 63.0 Å². The van der Waals surface area contributed by atoms with Crippen molar-refractivity contribution >= 4 is 23.2 Å². The average molecular weight is 389 g/mol. The zero-order valence-electron chi connectivity index (χ0n) is 16.4. The molecular formula is C20H28N4O2S. The Kier molecular flexibility index (Phi) is 8.13. The van der Waals surface area contributed by atoms with Crippen LogP contribution in [0.4, 0.5) is 0 Å². The molecule has 2 aromatic rings. The summed E-state index contributed by atoms with van der Waals surface area (Å²) in [7, 11) is 7.13. The number of guanidine groups is 1. The molecule has 2 rings (SSSR count). The van der Waals surface area contributed by atoms with Crippen molar-refractivity contribution < 1.29 is 9.53 Å². The summed E-state index contributed by atoms with van der Waals surface area (Å²) in [6, 6.07) is 10.1. The first kappa shape index (κ1) is 20.8. The molecule has 146 valence electrons. The second-order valence-corrected chi connectivity index (χ2v) is 7.22. The number of hydrogen-bond donors (Lipinski definition) is 1. The lowest BCUT2D eigenvalue weighted by Gasteiger charge is -2.22. The van der Waals surface area contributed by atoms with Crippen molar-refractivity contribution in [3.8, 4) is 5.75 Å². The van der Waals surface area contributed by atoms with Crippen molar-refractivity contribution in [3.05, 3.63) is 52.2 Å². The number of hydrogen-bond acceptors (Lipinski definition) is 4. The second-order valence-electron chi connectivity index (χ2n) is 6.44. The van der Waals surface area contributed by atoms with Gasteiger partial charge in [0.05, 0.1) is 7.11 Å². The van der Waals surface area contributed by atoms with E-state index >= 15 is 0 Å². The van der Waals surface area contributed by atoms with Gasteiger partial charge in [0, 0.05) is 34.2 Å². The summed E-state index contributed by atoms with van der Waals surface area (Å²) in [5.41, 5.74) is 2.44. The molecule has 0 spiro atoms. The van der Waals surface area contributed by atoms with Crippen LogP contribution in [0.25, 0.3) is 0 Å². The predicted molar refractivity (Wildman–Crippen MR) is 111 cm³/mol. The van der Waals surface area contributed by atoms with Crippen LogP contribution in [0, 0.1) is 0 Å². The zero-order chi connectivity index (χ0) is 19.6. The van der Waals surface area contributed by atoms with Gasteiger partial charge in [-0.05, 0) is 46.5 Å². The molecule has 0 fully saturated rings. The van der Waals surface area contributed by atoms with Crippen LogP contribution < -0.4 is 10.1 Å². The Morgan fingerprint density at radius 1 is 1.15 bits per heavy atom. The van der Waals surface area contributed by atoms with Gasteiger partial charge >= 0.3 is 0 Å². The second kappa shape index (κ2) is 10.6. The number of benzene rings is 1. The van der Waals surface area contributed by atoms with Gasteiger partial charge in [-0.25, -0.2) is 4.99 Å². The lowest BCUT2D eigenvalue weighted by atomic mass is 10.1. The van der Waals surface area contributed by atoms with Gasteiger partial charge in [-0.15, -0.1) is 0 Å². The minimum atomic E-state index is -0.0200. The molecule has 0 bridgehead atoms. The first-order valence-corrected chi connectivity index (χ1v) is 9.77. The van der Waals surface area contributed by atoms with E-state index in [1.807, 2.05) is 24.1 Å². The average Bonchev–Trinajstić information content (AvgIpc) is 3.17. The maximum atomic E-state index is 11.9. The lowest BCUT2D eigenvalue weighted by Crippen LogP contribution is -2.40. The van der Waals surface area contributed by atoms with E-state index in [2.05, 4.69) is 39.3 Å². The van der Waals surface area contributed by atoms with Crippen LogP contribution in [0.5, 0.6) is 5.75 Å². The summed E-state index contributed by atoms with van der Waals surface area (Å²) >= 11 is 1.68. The number of amides is 1. The molecule has 0 radical (unpaired) electrons. The third kappa shape index (κ3) is 6.94. The number of rotatable bonds is 8. The first-order chi connectivity index (χ1) is 13.0. The molecule has 7 heteroatoms. The summed E-state index contributed by atoms with van der Waals surface area (Å²) in [5, 5.41) is 7.56. The number of methoxy groups -OCH3 is 1. The van der Waals surface area contributed by atoms with Crippen LogP contribution in [-0.2, 0) is 17.8 Å². The molecule has 0 aliphatic rings. The first-order valence-electron chi connectivity index (χ1n) is 8.83. The number of aliphatic imine (C=N–C) groups is 1. The van der Waals surface area contributed by atoms with E-state index in [1.54, 1.807) is 37.4 Å². The molecule has 27 heavy (non-hydrogen) atoms. The van der Waals surface area contributed by atoms with E-state index in [0.717, 1.165) is 31.2 Å². The molecule has 1 N–H and O–H groups in total. The molecule has 0 saturated heterocycles. The normalized spacial score (nSPS) is 11.2. The van der Waals surface area contributed by atoms with Gasteiger partial charge in [-0.1, -0.05) is 12.1 Å². The summed E-state index contributed by atoms with van der Waals surface area (Å²) in [4.78, 5) is 20.0. The number of carbonyl (C=O) groups excluding carboxylic acids is 1. The van der Waals surface area contributed by atoms with E-state index in [4.69, 9.17) is 4.74 Å². The van der Waals surface area contributed by atoms with Crippen molar-refractivity contribution in [2.45, 2.75) is 13.0 Å². The fourth-order valence-corrected chi connectivity index (χ4v) is 3.10. The SMILES string of the molecule is COc1ccc(CCNC(=NCC(=O)N(C)C)N(C)Cc2ccsc2)cc1. The lowest BCUT2D eigenvalue weighted by molar-refractivity contribution is -0.127. The third-order valence-corrected chi connectivity index (χ3v) is 4.81. The monoisotopic (exact) mass is 388 g/mol. The molecule has 1 heterocycles. The van der Waals surface area contributed by atoms with Crippen molar-refractivity contribution in [1.82, 2.24) is 15.1 Å². The molecule has 0 saturated carbocycles. The van der Waals surface area contributed by atoms with Gasteiger partial charge in [-0.2, -0.15) is 11.3 Å². The molecule has 0 unspecified atom stereocenters. The van der Waals surface area contributed by atoms with Crippen molar-refractivity contribution in [2.24, 2.45) is 4.99 Å². The van der Waals surface area contributed by atoms with Gasteiger partial charge in [0.15, 0.2) is 5.96 Å². The summed E-state index contributed by atoms with van der Waals surface area (Å²) in [5.74, 6) is 1.56. The van der Waals surface area contributed by atoms with Gasteiger partial charge in [0.25, 0.3) is 0 Å². The summed E-state index contributed by atoms with van der Waals surface area (Å²) in [6.07, 6.45) is 0.858. The molecule has 6 nitrogen and oxygen atoms in total. The largest absolute Gasteiger partial charge is 0.497 e. The number of nitrogens with one attached hydrogen (secondary N) is 1. The minimum absolute atomic E-state index is 0.0200. The van der Waals surface area contributed by atoms with E-state index in [1.165, 1.54) is 11.1 Å². The Hall–Kier alpha value is -2.54. The summed E-state index contributed by atoms with van der Waals surface area (Å²) < 4.78 is 5.19.